The number of hydrogen-bond acceptors (Lipinski definition) is 2. The number of H-pyrrole nitrogens is 1. The van der Waals surface area contributed by atoms with E-state index < -0.39 is 11.5 Å². The molecule has 0 aliphatic heterocycles. The molecule has 1 amide bonds. The maximum atomic E-state index is 11.5. The minimum atomic E-state index is -0.945. The van der Waals surface area contributed by atoms with Gasteiger partial charge in [-0.25, -0.2) is 0 Å². The van der Waals surface area contributed by atoms with Crippen molar-refractivity contribution in [3.63, 3.8) is 0 Å². The maximum absolute atomic E-state index is 11.5. The molecule has 15 heavy (non-hydrogen) atoms. The lowest BCUT2D eigenvalue weighted by atomic mass is 10.0. The Morgan fingerprint density at radius 1 is 1.33 bits per heavy atom. The fourth-order valence-electron chi connectivity index (χ4n) is 1.68. The van der Waals surface area contributed by atoms with E-state index in [2.05, 4.69) is 4.98 Å². The molecule has 0 atom stereocenters. The highest BCUT2D eigenvalue weighted by Gasteiger charge is 2.13. The number of aryl methyl sites for hydroxylation is 1. The zero-order chi connectivity index (χ0) is 11.0. The molecule has 0 aliphatic rings. The number of benzene rings is 1. The molecule has 2 N–H and O–H groups in total. The molecule has 1 aromatic carbocycles. The summed E-state index contributed by atoms with van der Waals surface area (Å²) in [5, 5.41) is 0.799. The molecular weight excluding hydrogens is 192 g/mol. The van der Waals surface area contributed by atoms with E-state index in [1.165, 1.54) is 0 Å². The van der Waals surface area contributed by atoms with Crippen LogP contribution in [-0.2, 0) is 0 Å². The highest BCUT2D eigenvalue weighted by Crippen LogP contribution is 2.16. The van der Waals surface area contributed by atoms with Gasteiger partial charge in [0.2, 0.25) is 0 Å². The Balaban J connectivity index is 2.97. The van der Waals surface area contributed by atoms with Gasteiger partial charge in [-0.05, 0) is 18.6 Å². The van der Waals surface area contributed by atoms with Gasteiger partial charge in [-0.3, -0.25) is 15.3 Å². The van der Waals surface area contributed by atoms with Crippen molar-refractivity contribution in [3.8, 4) is 0 Å². The van der Waals surface area contributed by atoms with Gasteiger partial charge in [0.05, 0.1) is 0 Å². The molecule has 0 spiro atoms. The summed E-state index contributed by atoms with van der Waals surface area (Å²) in [4.78, 5) is 25.1. The molecule has 1 radical (unpaired) electrons. The second kappa shape index (κ2) is 3.24. The van der Waals surface area contributed by atoms with Gasteiger partial charge in [0.25, 0.3) is 11.5 Å². The number of carbonyl (C=O) groups is 1. The third-order valence-corrected chi connectivity index (χ3v) is 2.41. The zero-order valence-corrected chi connectivity index (χ0v) is 8.13. The molecule has 0 unspecified atom stereocenters. The van der Waals surface area contributed by atoms with Gasteiger partial charge in [-0.2, -0.15) is 0 Å². The number of pyridine rings is 1. The molecule has 0 aliphatic carbocycles. The lowest BCUT2D eigenvalue weighted by Crippen LogP contribution is -2.20. The molecule has 2 rings (SSSR count). The molecule has 0 saturated heterocycles. The van der Waals surface area contributed by atoms with Crippen molar-refractivity contribution in [2.24, 2.45) is 0 Å². The third-order valence-electron chi connectivity index (χ3n) is 2.41. The summed E-state index contributed by atoms with van der Waals surface area (Å²) in [7, 11) is 0. The van der Waals surface area contributed by atoms with Gasteiger partial charge in [-0.1, -0.05) is 18.2 Å². The van der Waals surface area contributed by atoms with E-state index in [9.17, 15) is 9.59 Å². The molecule has 0 fully saturated rings. The predicted octanol–water partition coefficient (Wildman–Crippen LogP) is 1.26. The van der Waals surface area contributed by atoms with E-state index in [0.717, 1.165) is 5.39 Å². The molecule has 1 aromatic heterocycles. The van der Waals surface area contributed by atoms with Crippen molar-refractivity contribution in [3.05, 3.63) is 45.7 Å². The predicted molar refractivity (Wildman–Crippen MR) is 56.7 cm³/mol. The van der Waals surface area contributed by atoms with E-state index in [4.69, 9.17) is 5.73 Å². The van der Waals surface area contributed by atoms with Crippen LogP contribution in [0.1, 0.15) is 15.9 Å². The number of hydrogen-bond donors (Lipinski definition) is 1. The summed E-state index contributed by atoms with van der Waals surface area (Å²) < 4.78 is 0. The molecule has 75 valence electrons. The lowest BCUT2D eigenvalue weighted by Gasteiger charge is -2.04. The standard InChI is InChI=1S/C11H9N2O2/c1-6-7-4-2-3-5-8(7)13-11(15)9(6)10(12)14/h2-5,12H,1H3,(H,13,15). The number of aromatic amines is 1. The second-order valence-electron chi connectivity index (χ2n) is 3.33. The molecule has 0 saturated carbocycles. The number of carbonyl (C=O) groups excluding carboxylic acids is 1. The fraction of sp³-hybridized carbons (Fsp3) is 0.0909. The van der Waals surface area contributed by atoms with Crippen LogP contribution < -0.4 is 11.3 Å². The van der Waals surface area contributed by atoms with Crippen LogP contribution in [0.2, 0.25) is 0 Å². The first-order valence-corrected chi connectivity index (χ1v) is 4.49. The molecule has 2 aromatic rings. The van der Waals surface area contributed by atoms with E-state index in [1.54, 1.807) is 19.1 Å². The van der Waals surface area contributed by atoms with Crippen molar-refractivity contribution in [2.45, 2.75) is 6.92 Å². The Morgan fingerprint density at radius 2 is 2.00 bits per heavy atom. The average Bonchev–Trinajstić information content (AvgIpc) is 2.17. The van der Waals surface area contributed by atoms with Crippen LogP contribution >= 0.6 is 0 Å². The molecular formula is C11H9N2O2. The molecule has 1 heterocycles. The number of aromatic nitrogens is 1. The van der Waals surface area contributed by atoms with Crippen molar-refractivity contribution >= 4 is 16.8 Å². The summed E-state index contributed by atoms with van der Waals surface area (Å²) in [6.45, 7) is 1.68. The van der Waals surface area contributed by atoms with Crippen LogP contribution in [0, 0.1) is 6.92 Å². The van der Waals surface area contributed by atoms with Crippen molar-refractivity contribution in [1.82, 2.24) is 10.7 Å². The van der Waals surface area contributed by atoms with Crippen LogP contribution in [-0.4, -0.2) is 10.9 Å². The normalized spacial score (nSPS) is 10.5. The SMILES string of the molecule is Cc1c(C([NH])=O)c(=O)[nH]c2ccccc12. The Kier molecular flexibility index (Phi) is 2.04. The van der Waals surface area contributed by atoms with Crippen LogP contribution in [0.4, 0.5) is 0 Å². The summed E-state index contributed by atoms with van der Waals surface area (Å²) >= 11 is 0. The van der Waals surface area contributed by atoms with Crippen molar-refractivity contribution in [1.29, 1.82) is 0 Å². The Hall–Kier alpha value is -2.10. The first kappa shape index (κ1) is 9.45. The highest BCUT2D eigenvalue weighted by molar-refractivity contribution is 5.98. The van der Waals surface area contributed by atoms with E-state index in [1.807, 2.05) is 12.1 Å². The second-order valence-corrected chi connectivity index (χ2v) is 3.33. The first-order chi connectivity index (χ1) is 7.11. The summed E-state index contributed by atoms with van der Waals surface area (Å²) in [6.07, 6.45) is 0. The van der Waals surface area contributed by atoms with Crippen LogP contribution in [0.5, 0.6) is 0 Å². The van der Waals surface area contributed by atoms with E-state index >= 15 is 0 Å². The minimum absolute atomic E-state index is 0.0753. The molecule has 4 heteroatoms. The number of para-hydroxylation sites is 1. The average molecular weight is 201 g/mol. The number of rotatable bonds is 1. The largest absolute Gasteiger partial charge is 0.321 e. The van der Waals surface area contributed by atoms with Gasteiger partial charge in [-0.15, -0.1) is 0 Å². The monoisotopic (exact) mass is 201 g/mol. The van der Waals surface area contributed by atoms with Crippen LogP contribution in [0.25, 0.3) is 10.9 Å². The minimum Gasteiger partial charge on any atom is -0.321 e. The first-order valence-electron chi connectivity index (χ1n) is 4.49. The molecule has 0 bridgehead atoms. The maximum Gasteiger partial charge on any atom is 0.275 e. The number of fused-ring (bicyclic) bond motifs is 1. The Labute approximate surface area is 85.7 Å². The Morgan fingerprint density at radius 3 is 2.67 bits per heavy atom. The van der Waals surface area contributed by atoms with Gasteiger partial charge >= 0.3 is 0 Å². The van der Waals surface area contributed by atoms with Gasteiger partial charge < -0.3 is 4.98 Å². The zero-order valence-electron chi connectivity index (χ0n) is 8.13. The fourth-order valence-corrected chi connectivity index (χ4v) is 1.68. The van der Waals surface area contributed by atoms with E-state index in [-0.39, 0.29) is 5.56 Å². The summed E-state index contributed by atoms with van der Waals surface area (Å²) in [6, 6.07) is 7.21. The Bertz CT molecular complexity index is 599. The van der Waals surface area contributed by atoms with E-state index in [0.29, 0.717) is 11.1 Å². The quantitative estimate of drug-likeness (QED) is 0.754. The number of amides is 1. The lowest BCUT2D eigenvalue weighted by molar-refractivity contribution is 0.0990. The van der Waals surface area contributed by atoms with Gasteiger partial charge in [0.1, 0.15) is 5.56 Å². The van der Waals surface area contributed by atoms with Crippen molar-refractivity contribution < 1.29 is 4.79 Å². The van der Waals surface area contributed by atoms with Crippen LogP contribution in [0.3, 0.4) is 0 Å². The third kappa shape index (κ3) is 1.40. The summed E-state index contributed by atoms with van der Waals surface area (Å²) in [5.74, 6) is -0.945. The molecule has 4 nitrogen and oxygen atoms in total. The summed E-state index contributed by atoms with van der Waals surface area (Å²) in [5.41, 5.74) is 7.70. The number of nitrogens with one attached hydrogen (secondary N) is 2. The highest BCUT2D eigenvalue weighted by atomic mass is 16.2. The topological polar surface area (TPSA) is 73.7 Å². The smallest absolute Gasteiger partial charge is 0.275 e. The van der Waals surface area contributed by atoms with Gasteiger partial charge in [0.15, 0.2) is 0 Å². The van der Waals surface area contributed by atoms with Gasteiger partial charge in [0, 0.05) is 10.9 Å². The van der Waals surface area contributed by atoms with Crippen molar-refractivity contribution in [2.75, 3.05) is 0 Å². The van der Waals surface area contributed by atoms with Crippen LogP contribution in [0.15, 0.2) is 29.1 Å².